The number of rotatable bonds is 10. The van der Waals surface area contributed by atoms with Crippen LogP contribution in [0.15, 0.2) is 72.4 Å². The Morgan fingerprint density at radius 1 is 0.902 bits per heavy atom. The highest BCUT2D eigenvalue weighted by atomic mass is 16.6. The Hall–Kier alpha value is -4.34. The molecule has 1 N–H and O–H groups in total. The van der Waals surface area contributed by atoms with E-state index < -0.39 is 35.8 Å². The molecule has 1 heterocycles. The van der Waals surface area contributed by atoms with Crippen LogP contribution in [0, 0.1) is 0 Å². The first-order chi connectivity index (χ1) is 19.6. The summed E-state index contributed by atoms with van der Waals surface area (Å²) in [5.41, 5.74) is 0.825. The lowest BCUT2D eigenvalue weighted by molar-refractivity contribution is -0.160. The number of hydrogen-bond acceptors (Lipinski definition) is 8. The average molecular weight is 567 g/mol. The van der Waals surface area contributed by atoms with E-state index in [-0.39, 0.29) is 25.0 Å². The van der Waals surface area contributed by atoms with Gasteiger partial charge in [-0.15, -0.1) is 0 Å². The zero-order valence-corrected chi connectivity index (χ0v) is 24.0. The fourth-order valence-corrected chi connectivity index (χ4v) is 4.42. The number of allylic oxidation sites excluding steroid dienone is 1. The second kappa shape index (κ2) is 14.9. The van der Waals surface area contributed by atoms with Gasteiger partial charge in [0.05, 0.1) is 7.11 Å². The van der Waals surface area contributed by atoms with Gasteiger partial charge in [-0.1, -0.05) is 66.7 Å². The molecule has 1 fully saturated rings. The standard InChI is InChI=1S/C31H38N2O8/c1-31(2,3)41-28(35)26-19-18-24(33(26)30(37)40-21-23-14-9-6-10-15-23)16-11-17-25(27(34)38-4)32-29(36)39-20-22-12-7-5-8-13-22/h5-10,12-15,17,24,26H,11,16,18-21H2,1-4H3,(H,32,36)/b25-17+/t24-,26+/m1/s1. The number of hydrogen-bond donors (Lipinski definition) is 1. The molecule has 1 aliphatic heterocycles. The zero-order valence-electron chi connectivity index (χ0n) is 24.0. The largest absolute Gasteiger partial charge is 0.464 e. The normalized spacial score (nSPS) is 17.0. The van der Waals surface area contributed by atoms with Crippen molar-refractivity contribution in [2.45, 2.75) is 77.4 Å². The molecule has 10 nitrogen and oxygen atoms in total. The average Bonchev–Trinajstić information content (AvgIpc) is 3.38. The quantitative estimate of drug-likeness (QED) is 0.235. The summed E-state index contributed by atoms with van der Waals surface area (Å²) in [4.78, 5) is 52.3. The Bertz CT molecular complexity index is 1210. The highest BCUT2D eigenvalue weighted by Gasteiger charge is 2.43. The predicted octanol–water partition coefficient (Wildman–Crippen LogP) is 5.26. The van der Waals surface area contributed by atoms with Crippen molar-refractivity contribution in [1.29, 1.82) is 0 Å². The highest BCUT2D eigenvalue weighted by Crippen LogP contribution is 2.30. The zero-order chi connectivity index (χ0) is 29.8. The molecule has 220 valence electrons. The van der Waals surface area contributed by atoms with E-state index in [1.807, 2.05) is 60.7 Å². The van der Waals surface area contributed by atoms with Crippen molar-refractivity contribution in [2.75, 3.05) is 7.11 Å². The molecule has 3 rings (SSSR count). The number of esters is 2. The number of nitrogens with one attached hydrogen (secondary N) is 1. The van der Waals surface area contributed by atoms with Gasteiger partial charge in [0.15, 0.2) is 0 Å². The number of amides is 2. The van der Waals surface area contributed by atoms with Crippen LogP contribution in [0.1, 0.15) is 57.6 Å². The van der Waals surface area contributed by atoms with Gasteiger partial charge in [0, 0.05) is 6.04 Å². The van der Waals surface area contributed by atoms with E-state index in [2.05, 4.69) is 5.32 Å². The molecule has 0 aromatic heterocycles. The van der Waals surface area contributed by atoms with E-state index in [1.54, 1.807) is 20.8 Å². The molecule has 0 bridgehead atoms. The van der Waals surface area contributed by atoms with Gasteiger partial charge < -0.3 is 18.9 Å². The van der Waals surface area contributed by atoms with Gasteiger partial charge >= 0.3 is 24.1 Å². The monoisotopic (exact) mass is 566 g/mol. The Labute approximate surface area is 240 Å². The maximum Gasteiger partial charge on any atom is 0.412 e. The van der Waals surface area contributed by atoms with Crippen LogP contribution in [-0.2, 0) is 41.8 Å². The first kappa shape index (κ1) is 31.2. The van der Waals surface area contributed by atoms with Crippen LogP contribution >= 0.6 is 0 Å². The van der Waals surface area contributed by atoms with Gasteiger partial charge in [-0.2, -0.15) is 0 Å². The minimum Gasteiger partial charge on any atom is -0.464 e. The molecule has 1 aliphatic rings. The van der Waals surface area contributed by atoms with E-state index in [0.717, 1.165) is 11.1 Å². The Balaban J connectivity index is 1.66. The van der Waals surface area contributed by atoms with Crippen molar-refractivity contribution in [3.05, 3.63) is 83.6 Å². The molecule has 0 aliphatic carbocycles. The van der Waals surface area contributed by atoms with Gasteiger partial charge in [-0.05, 0) is 57.6 Å². The lowest BCUT2D eigenvalue weighted by atomic mass is 10.1. The summed E-state index contributed by atoms with van der Waals surface area (Å²) in [6, 6.07) is 17.2. The van der Waals surface area contributed by atoms with E-state index in [0.29, 0.717) is 25.7 Å². The molecule has 0 radical (unpaired) electrons. The van der Waals surface area contributed by atoms with E-state index >= 15 is 0 Å². The second-order valence-electron chi connectivity index (χ2n) is 10.6. The summed E-state index contributed by atoms with van der Waals surface area (Å²) < 4.78 is 21.2. The summed E-state index contributed by atoms with van der Waals surface area (Å²) in [6.45, 7) is 5.41. The van der Waals surface area contributed by atoms with Gasteiger partial charge in [0.2, 0.25) is 0 Å². The van der Waals surface area contributed by atoms with Gasteiger partial charge in [0.25, 0.3) is 0 Å². The summed E-state index contributed by atoms with van der Waals surface area (Å²) in [5, 5.41) is 2.43. The van der Waals surface area contributed by atoms with E-state index in [9.17, 15) is 19.2 Å². The number of carbonyl (C=O) groups is 4. The maximum absolute atomic E-state index is 13.2. The van der Waals surface area contributed by atoms with E-state index in [4.69, 9.17) is 18.9 Å². The molecule has 2 amide bonds. The smallest absolute Gasteiger partial charge is 0.412 e. The number of nitrogens with zero attached hydrogens (tertiary/aromatic N) is 1. The fraction of sp³-hybridized carbons (Fsp3) is 0.419. The van der Waals surface area contributed by atoms with Crippen molar-refractivity contribution >= 4 is 24.1 Å². The number of alkyl carbamates (subject to hydrolysis) is 1. The summed E-state index contributed by atoms with van der Waals surface area (Å²) in [6.07, 6.45) is 1.76. The summed E-state index contributed by atoms with van der Waals surface area (Å²) in [5.74, 6) is -1.23. The molecular weight excluding hydrogens is 528 g/mol. The third-order valence-corrected chi connectivity index (χ3v) is 6.30. The van der Waals surface area contributed by atoms with Crippen molar-refractivity contribution in [3.63, 3.8) is 0 Å². The van der Waals surface area contributed by atoms with Gasteiger partial charge in [0.1, 0.15) is 30.6 Å². The number of ether oxygens (including phenoxy) is 4. The third kappa shape index (κ3) is 9.97. The SMILES string of the molecule is COC(=O)/C(=C\CC[C@@H]1CC[C@@H](C(=O)OC(C)(C)C)N1C(=O)OCc1ccccc1)NC(=O)OCc1ccccc1. The van der Waals surface area contributed by atoms with Gasteiger partial charge in [-0.3, -0.25) is 10.2 Å². The molecule has 41 heavy (non-hydrogen) atoms. The fourth-order valence-electron chi connectivity index (χ4n) is 4.42. The lowest BCUT2D eigenvalue weighted by Crippen LogP contribution is -2.47. The molecule has 0 spiro atoms. The maximum atomic E-state index is 13.2. The van der Waals surface area contributed by atoms with Crippen LogP contribution in [0.2, 0.25) is 0 Å². The molecule has 2 aromatic carbocycles. The number of likely N-dealkylation sites (tertiary alicyclic amines) is 1. The number of carbonyl (C=O) groups excluding carboxylic acids is 4. The molecule has 2 atom stereocenters. The third-order valence-electron chi connectivity index (χ3n) is 6.30. The van der Waals surface area contributed by atoms with Crippen LogP contribution in [0.3, 0.4) is 0 Å². The van der Waals surface area contributed by atoms with E-state index in [1.165, 1.54) is 18.1 Å². The Morgan fingerprint density at radius 2 is 1.49 bits per heavy atom. The summed E-state index contributed by atoms with van der Waals surface area (Å²) >= 11 is 0. The number of benzene rings is 2. The van der Waals surface area contributed by atoms with Crippen LogP contribution in [0.4, 0.5) is 9.59 Å². The van der Waals surface area contributed by atoms with Crippen LogP contribution in [0.25, 0.3) is 0 Å². The Morgan fingerprint density at radius 3 is 2.05 bits per heavy atom. The molecule has 1 saturated heterocycles. The lowest BCUT2D eigenvalue weighted by Gasteiger charge is -2.30. The van der Waals surface area contributed by atoms with Crippen molar-refractivity contribution < 1.29 is 38.1 Å². The highest BCUT2D eigenvalue weighted by molar-refractivity contribution is 5.92. The topological polar surface area (TPSA) is 120 Å². The molecular formula is C31H38N2O8. The molecule has 2 aromatic rings. The van der Waals surface area contributed by atoms with Gasteiger partial charge in [-0.25, -0.2) is 19.2 Å². The summed E-state index contributed by atoms with van der Waals surface area (Å²) in [7, 11) is 1.21. The predicted molar refractivity (Wildman–Crippen MR) is 150 cm³/mol. The molecule has 0 saturated carbocycles. The number of methoxy groups -OCH3 is 1. The first-order valence-electron chi connectivity index (χ1n) is 13.6. The Kier molecular flexibility index (Phi) is 11.3. The minimum atomic E-state index is -0.803. The first-order valence-corrected chi connectivity index (χ1v) is 13.6. The van der Waals surface area contributed by atoms with Crippen molar-refractivity contribution in [1.82, 2.24) is 10.2 Å². The van der Waals surface area contributed by atoms with Crippen LogP contribution < -0.4 is 5.32 Å². The van der Waals surface area contributed by atoms with Crippen LogP contribution in [-0.4, -0.2) is 53.8 Å². The molecule has 0 unspecified atom stereocenters. The van der Waals surface area contributed by atoms with Crippen molar-refractivity contribution in [3.8, 4) is 0 Å². The molecule has 10 heteroatoms. The minimum absolute atomic E-state index is 0.0370. The second-order valence-corrected chi connectivity index (χ2v) is 10.6. The van der Waals surface area contributed by atoms with Crippen LogP contribution in [0.5, 0.6) is 0 Å². The van der Waals surface area contributed by atoms with Crippen molar-refractivity contribution in [2.24, 2.45) is 0 Å².